The van der Waals surface area contributed by atoms with E-state index in [0.717, 1.165) is 42.3 Å². The molecule has 1 heterocycles. The molecule has 0 saturated carbocycles. The minimum atomic E-state index is 0.490. The van der Waals surface area contributed by atoms with E-state index in [1.807, 2.05) is 11.6 Å². The summed E-state index contributed by atoms with van der Waals surface area (Å²) in [5.41, 5.74) is 2.10. The fraction of sp³-hybridized carbons (Fsp3) is 0.750. The molecule has 0 aliphatic carbocycles. The van der Waals surface area contributed by atoms with Gasteiger partial charge in [0.1, 0.15) is 0 Å². The summed E-state index contributed by atoms with van der Waals surface area (Å²) in [4.78, 5) is 0. The van der Waals surface area contributed by atoms with Gasteiger partial charge in [-0.15, -0.1) is 0 Å². The van der Waals surface area contributed by atoms with Gasteiger partial charge < -0.3 is 5.32 Å². The first-order valence-corrected chi connectivity index (χ1v) is 6.46. The summed E-state index contributed by atoms with van der Waals surface area (Å²) < 4.78 is 2.01. The maximum Gasteiger partial charge on any atom is 0.0847 e. The van der Waals surface area contributed by atoms with Crippen LogP contribution >= 0.6 is 11.6 Å². The van der Waals surface area contributed by atoms with E-state index in [1.165, 1.54) is 0 Å². The van der Waals surface area contributed by atoms with E-state index in [0.29, 0.717) is 6.04 Å². The van der Waals surface area contributed by atoms with Crippen LogP contribution in [0.2, 0.25) is 5.02 Å². The highest BCUT2D eigenvalue weighted by atomic mass is 35.5. The number of aromatic nitrogens is 2. The van der Waals surface area contributed by atoms with Crippen molar-refractivity contribution in [2.45, 2.75) is 53.1 Å². The van der Waals surface area contributed by atoms with Crippen molar-refractivity contribution in [2.75, 3.05) is 6.54 Å². The highest BCUT2D eigenvalue weighted by Gasteiger charge is 2.16. The monoisotopic (exact) mass is 243 g/mol. The number of halogens is 1. The normalized spacial score (nSPS) is 13.1. The first-order chi connectivity index (χ1) is 7.63. The molecule has 1 unspecified atom stereocenters. The van der Waals surface area contributed by atoms with Crippen molar-refractivity contribution in [3.8, 4) is 0 Å². The van der Waals surface area contributed by atoms with Crippen molar-refractivity contribution in [1.82, 2.24) is 15.1 Å². The molecular formula is C12H22ClN3. The summed E-state index contributed by atoms with van der Waals surface area (Å²) in [6.07, 6.45) is 2.07. The second-order valence-electron chi connectivity index (χ2n) is 4.03. The van der Waals surface area contributed by atoms with Gasteiger partial charge in [-0.1, -0.05) is 25.4 Å². The number of likely N-dealkylation sites (N-methyl/N-ethyl adjacent to an activating group) is 1. The number of rotatable bonds is 6. The van der Waals surface area contributed by atoms with Gasteiger partial charge in [0.15, 0.2) is 0 Å². The van der Waals surface area contributed by atoms with Crippen LogP contribution < -0.4 is 5.32 Å². The zero-order valence-electron chi connectivity index (χ0n) is 10.7. The van der Waals surface area contributed by atoms with Crippen molar-refractivity contribution < 1.29 is 0 Å². The largest absolute Gasteiger partial charge is 0.314 e. The van der Waals surface area contributed by atoms with Crippen molar-refractivity contribution >= 4 is 11.6 Å². The van der Waals surface area contributed by atoms with Gasteiger partial charge >= 0.3 is 0 Å². The Labute approximate surface area is 103 Å². The van der Waals surface area contributed by atoms with Crippen LogP contribution in [0.4, 0.5) is 0 Å². The molecule has 1 aromatic heterocycles. The van der Waals surface area contributed by atoms with Crippen LogP contribution in [0.3, 0.4) is 0 Å². The van der Waals surface area contributed by atoms with E-state index in [4.69, 9.17) is 11.6 Å². The third kappa shape index (κ3) is 2.98. The van der Waals surface area contributed by atoms with Gasteiger partial charge in [-0.05, 0) is 26.8 Å². The van der Waals surface area contributed by atoms with Gasteiger partial charge in [0.2, 0.25) is 0 Å². The summed E-state index contributed by atoms with van der Waals surface area (Å²) in [6, 6.07) is 0.490. The number of aryl methyl sites for hydroxylation is 2. The molecule has 1 rings (SSSR count). The molecule has 0 spiro atoms. The van der Waals surface area contributed by atoms with Crippen LogP contribution in [0.5, 0.6) is 0 Å². The molecule has 0 aliphatic heterocycles. The lowest BCUT2D eigenvalue weighted by atomic mass is 10.1. The van der Waals surface area contributed by atoms with E-state index in [-0.39, 0.29) is 0 Å². The number of hydrogen-bond donors (Lipinski definition) is 1. The summed E-state index contributed by atoms with van der Waals surface area (Å²) in [7, 11) is 0. The molecule has 0 aromatic carbocycles. The highest BCUT2D eigenvalue weighted by molar-refractivity contribution is 6.31. The molecule has 4 heteroatoms. The van der Waals surface area contributed by atoms with Crippen molar-refractivity contribution in [3.63, 3.8) is 0 Å². The van der Waals surface area contributed by atoms with Gasteiger partial charge in [0.05, 0.1) is 16.4 Å². The van der Waals surface area contributed by atoms with Crippen LogP contribution in [-0.4, -0.2) is 22.4 Å². The molecular weight excluding hydrogens is 222 g/mol. The van der Waals surface area contributed by atoms with Gasteiger partial charge in [0.25, 0.3) is 0 Å². The summed E-state index contributed by atoms with van der Waals surface area (Å²) >= 11 is 6.28. The Balaban J connectivity index is 2.85. The van der Waals surface area contributed by atoms with Crippen LogP contribution in [0.15, 0.2) is 0 Å². The second-order valence-corrected chi connectivity index (χ2v) is 4.41. The molecule has 16 heavy (non-hydrogen) atoms. The summed E-state index contributed by atoms with van der Waals surface area (Å²) in [5.74, 6) is 0. The Morgan fingerprint density at radius 2 is 2.06 bits per heavy atom. The van der Waals surface area contributed by atoms with E-state index >= 15 is 0 Å². The number of nitrogens with one attached hydrogen (secondary N) is 1. The van der Waals surface area contributed by atoms with Crippen LogP contribution in [-0.2, 0) is 13.0 Å². The van der Waals surface area contributed by atoms with E-state index in [2.05, 4.69) is 31.2 Å². The fourth-order valence-electron chi connectivity index (χ4n) is 1.95. The Bertz CT molecular complexity index is 333. The lowest BCUT2D eigenvalue weighted by Crippen LogP contribution is -2.31. The molecule has 0 fully saturated rings. The van der Waals surface area contributed by atoms with Crippen molar-refractivity contribution in [2.24, 2.45) is 0 Å². The second kappa shape index (κ2) is 6.26. The number of nitrogens with zero attached hydrogens (tertiary/aromatic N) is 2. The SMILES string of the molecule is CCNC(CC)Cc1c(Cl)c(C)nn1CC. The Morgan fingerprint density at radius 1 is 1.38 bits per heavy atom. The molecule has 1 aromatic rings. The Morgan fingerprint density at radius 3 is 2.56 bits per heavy atom. The molecule has 1 atom stereocenters. The first-order valence-electron chi connectivity index (χ1n) is 6.09. The smallest absolute Gasteiger partial charge is 0.0847 e. The topological polar surface area (TPSA) is 29.9 Å². The first kappa shape index (κ1) is 13.5. The van der Waals surface area contributed by atoms with E-state index in [1.54, 1.807) is 0 Å². The molecule has 0 saturated heterocycles. The molecule has 0 amide bonds. The zero-order valence-corrected chi connectivity index (χ0v) is 11.4. The highest BCUT2D eigenvalue weighted by Crippen LogP contribution is 2.22. The maximum absolute atomic E-state index is 6.28. The Kier molecular flexibility index (Phi) is 5.29. The third-order valence-electron chi connectivity index (χ3n) is 2.88. The molecule has 1 N–H and O–H groups in total. The van der Waals surface area contributed by atoms with Crippen LogP contribution in [0, 0.1) is 6.92 Å². The molecule has 0 radical (unpaired) electrons. The third-order valence-corrected chi connectivity index (χ3v) is 3.37. The predicted molar refractivity (Wildman–Crippen MR) is 69.1 cm³/mol. The molecule has 3 nitrogen and oxygen atoms in total. The molecule has 0 bridgehead atoms. The molecule has 0 aliphatic rings. The lowest BCUT2D eigenvalue weighted by molar-refractivity contribution is 0.487. The maximum atomic E-state index is 6.28. The molecule has 92 valence electrons. The quantitative estimate of drug-likeness (QED) is 0.833. The Hall–Kier alpha value is -0.540. The minimum absolute atomic E-state index is 0.490. The predicted octanol–water partition coefficient (Wildman–Crippen LogP) is 2.80. The zero-order chi connectivity index (χ0) is 12.1. The van der Waals surface area contributed by atoms with Crippen molar-refractivity contribution in [1.29, 1.82) is 0 Å². The average molecular weight is 244 g/mol. The van der Waals surface area contributed by atoms with E-state index < -0.39 is 0 Å². The summed E-state index contributed by atoms with van der Waals surface area (Å²) in [5, 5.41) is 8.73. The van der Waals surface area contributed by atoms with Gasteiger partial charge in [0, 0.05) is 19.0 Å². The van der Waals surface area contributed by atoms with Gasteiger partial charge in [-0.2, -0.15) is 5.10 Å². The van der Waals surface area contributed by atoms with Crippen LogP contribution in [0.25, 0.3) is 0 Å². The van der Waals surface area contributed by atoms with Crippen molar-refractivity contribution in [3.05, 3.63) is 16.4 Å². The fourth-order valence-corrected chi connectivity index (χ4v) is 2.16. The summed E-state index contributed by atoms with van der Waals surface area (Å²) in [6.45, 7) is 10.3. The lowest BCUT2D eigenvalue weighted by Gasteiger charge is -2.16. The van der Waals surface area contributed by atoms with E-state index in [9.17, 15) is 0 Å². The van der Waals surface area contributed by atoms with Gasteiger partial charge in [-0.3, -0.25) is 4.68 Å². The van der Waals surface area contributed by atoms with Crippen LogP contribution in [0.1, 0.15) is 38.6 Å². The standard InChI is InChI=1S/C12H22ClN3/c1-5-10(14-6-2)8-11-12(13)9(4)15-16(11)7-3/h10,14H,5-8H2,1-4H3. The van der Waals surface area contributed by atoms with Gasteiger partial charge in [-0.25, -0.2) is 0 Å². The number of hydrogen-bond acceptors (Lipinski definition) is 2. The average Bonchev–Trinajstić information content (AvgIpc) is 2.55. The minimum Gasteiger partial charge on any atom is -0.314 e.